The van der Waals surface area contributed by atoms with Gasteiger partial charge in [0, 0.05) is 25.7 Å². The summed E-state index contributed by atoms with van der Waals surface area (Å²) in [7, 11) is 5.54. The van der Waals surface area contributed by atoms with Crippen LogP contribution in [0.5, 0.6) is 0 Å². The van der Waals surface area contributed by atoms with Crippen LogP contribution in [-0.4, -0.2) is 37.0 Å². The Labute approximate surface area is 148 Å². The van der Waals surface area contributed by atoms with Crippen LogP contribution < -0.4 is 10.6 Å². The maximum absolute atomic E-state index is 13.8. The van der Waals surface area contributed by atoms with Crippen LogP contribution in [0.3, 0.4) is 0 Å². The first-order valence-electron chi connectivity index (χ1n) is 8.18. The van der Waals surface area contributed by atoms with Crippen LogP contribution in [0.15, 0.2) is 27.6 Å². The highest BCUT2D eigenvalue weighted by Gasteiger charge is 2.08. The summed E-state index contributed by atoms with van der Waals surface area (Å²) in [6, 6.07) is 5.15. The third-order valence-corrected chi connectivity index (χ3v) is 3.76. The first-order chi connectivity index (χ1) is 11.9. The van der Waals surface area contributed by atoms with Gasteiger partial charge in [0.05, 0.1) is 12.2 Å². The van der Waals surface area contributed by atoms with E-state index in [1.54, 1.807) is 13.1 Å². The molecule has 0 amide bonds. The fourth-order valence-electron chi connectivity index (χ4n) is 2.38. The minimum absolute atomic E-state index is 0.186. The standard InChI is InChI=1S/C18H26FN5O/c1-12-13(2)25-17(23-12)10-22-18(20-3)21-9-14-6-7-16(19)15(8-14)11-24(4)5/h6-8H,9-11H2,1-5H3,(H2,20,21,22). The minimum Gasteiger partial charge on any atom is -0.444 e. The van der Waals surface area contributed by atoms with E-state index in [-0.39, 0.29) is 5.82 Å². The van der Waals surface area contributed by atoms with Gasteiger partial charge in [0.1, 0.15) is 11.6 Å². The molecule has 0 fully saturated rings. The number of aromatic nitrogens is 1. The van der Waals surface area contributed by atoms with Gasteiger partial charge in [-0.05, 0) is 45.6 Å². The molecule has 1 heterocycles. The molecule has 0 saturated carbocycles. The molecule has 7 heteroatoms. The van der Waals surface area contributed by atoms with Gasteiger partial charge in [0.25, 0.3) is 0 Å². The quantitative estimate of drug-likeness (QED) is 0.620. The van der Waals surface area contributed by atoms with Gasteiger partial charge < -0.3 is 20.0 Å². The molecule has 136 valence electrons. The number of rotatable bonds is 6. The van der Waals surface area contributed by atoms with E-state index in [0.717, 1.165) is 17.0 Å². The number of hydrogen-bond donors (Lipinski definition) is 2. The number of halogens is 1. The van der Waals surface area contributed by atoms with Gasteiger partial charge in [-0.3, -0.25) is 4.99 Å². The highest BCUT2D eigenvalue weighted by atomic mass is 19.1. The number of benzene rings is 1. The molecular weight excluding hydrogens is 321 g/mol. The van der Waals surface area contributed by atoms with Crippen molar-refractivity contribution in [3.8, 4) is 0 Å². The average Bonchev–Trinajstić information content (AvgIpc) is 2.88. The summed E-state index contributed by atoms with van der Waals surface area (Å²) < 4.78 is 19.4. The van der Waals surface area contributed by atoms with Crippen LogP contribution in [0.4, 0.5) is 4.39 Å². The number of hydrogen-bond acceptors (Lipinski definition) is 4. The van der Waals surface area contributed by atoms with Gasteiger partial charge in [-0.2, -0.15) is 0 Å². The summed E-state index contributed by atoms with van der Waals surface area (Å²) in [5.74, 6) is 1.88. The van der Waals surface area contributed by atoms with Crippen LogP contribution in [0.25, 0.3) is 0 Å². The zero-order chi connectivity index (χ0) is 18.4. The molecular formula is C18H26FN5O. The van der Waals surface area contributed by atoms with Gasteiger partial charge in [0.2, 0.25) is 5.89 Å². The molecule has 1 aromatic heterocycles. The highest BCUT2D eigenvalue weighted by molar-refractivity contribution is 5.79. The SMILES string of the molecule is CN=C(NCc1ccc(F)c(CN(C)C)c1)NCc1nc(C)c(C)o1. The van der Waals surface area contributed by atoms with Crippen molar-refractivity contribution >= 4 is 5.96 Å². The zero-order valence-electron chi connectivity index (χ0n) is 15.5. The van der Waals surface area contributed by atoms with Crippen LogP contribution in [0, 0.1) is 19.7 Å². The smallest absolute Gasteiger partial charge is 0.214 e. The zero-order valence-corrected chi connectivity index (χ0v) is 15.5. The molecule has 0 unspecified atom stereocenters. The second kappa shape index (κ2) is 8.62. The molecule has 2 aromatic rings. The van der Waals surface area contributed by atoms with Crippen molar-refractivity contribution in [1.82, 2.24) is 20.5 Å². The fraction of sp³-hybridized carbons (Fsp3) is 0.444. The lowest BCUT2D eigenvalue weighted by Gasteiger charge is -2.14. The maximum Gasteiger partial charge on any atom is 0.214 e. The summed E-state index contributed by atoms with van der Waals surface area (Å²) in [6.45, 7) is 5.36. The second-order valence-electron chi connectivity index (χ2n) is 6.19. The van der Waals surface area contributed by atoms with E-state index in [9.17, 15) is 4.39 Å². The molecule has 0 radical (unpaired) electrons. The molecule has 0 aliphatic carbocycles. The van der Waals surface area contributed by atoms with E-state index in [0.29, 0.717) is 37.0 Å². The van der Waals surface area contributed by atoms with Gasteiger partial charge in [-0.25, -0.2) is 9.37 Å². The van der Waals surface area contributed by atoms with Crippen LogP contribution >= 0.6 is 0 Å². The lowest BCUT2D eigenvalue weighted by Crippen LogP contribution is -2.36. The molecule has 0 atom stereocenters. The van der Waals surface area contributed by atoms with Crippen molar-refractivity contribution < 1.29 is 8.81 Å². The van der Waals surface area contributed by atoms with Crippen LogP contribution in [0.1, 0.15) is 28.5 Å². The topological polar surface area (TPSA) is 65.7 Å². The molecule has 0 aliphatic heterocycles. The van der Waals surface area contributed by atoms with Crippen LogP contribution in [0.2, 0.25) is 0 Å². The van der Waals surface area contributed by atoms with E-state index < -0.39 is 0 Å². The van der Waals surface area contributed by atoms with E-state index in [2.05, 4.69) is 20.6 Å². The van der Waals surface area contributed by atoms with Crippen molar-refractivity contribution in [3.63, 3.8) is 0 Å². The van der Waals surface area contributed by atoms with Crippen molar-refractivity contribution in [2.24, 2.45) is 4.99 Å². The number of nitrogens with zero attached hydrogens (tertiary/aromatic N) is 3. The summed E-state index contributed by atoms with van der Waals surface area (Å²) >= 11 is 0. The first-order valence-corrected chi connectivity index (χ1v) is 8.18. The molecule has 2 N–H and O–H groups in total. The molecule has 0 bridgehead atoms. The van der Waals surface area contributed by atoms with Gasteiger partial charge in [0.15, 0.2) is 5.96 Å². The van der Waals surface area contributed by atoms with Crippen molar-refractivity contribution in [2.75, 3.05) is 21.1 Å². The normalized spacial score (nSPS) is 11.9. The Balaban J connectivity index is 1.92. The van der Waals surface area contributed by atoms with Crippen molar-refractivity contribution in [3.05, 3.63) is 52.5 Å². The Kier molecular flexibility index (Phi) is 6.52. The summed E-state index contributed by atoms with van der Waals surface area (Å²) in [6.07, 6.45) is 0. The molecule has 0 saturated heterocycles. The third-order valence-electron chi connectivity index (χ3n) is 3.76. The van der Waals surface area contributed by atoms with Gasteiger partial charge in [-0.15, -0.1) is 0 Å². The molecule has 2 rings (SSSR count). The largest absolute Gasteiger partial charge is 0.444 e. The predicted molar refractivity (Wildman–Crippen MR) is 96.8 cm³/mol. The summed E-state index contributed by atoms with van der Waals surface area (Å²) in [5.41, 5.74) is 2.56. The Morgan fingerprint density at radius 2 is 1.96 bits per heavy atom. The minimum atomic E-state index is -0.186. The third kappa shape index (κ3) is 5.56. The number of aliphatic imine (C=N–C) groups is 1. The summed E-state index contributed by atoms with van der Waals surface area (Å²) in [4.78, 5) is 10.4. The predicted octanol–water partition coefficient (Wildman–Crippen LogP) is 2.36. The highest BCUT2D eigenvalue weighted by Crippen LogP contribution is 2.12. The number of aryl methyl sites for hydroxylation is 2. The Bertz CT molecular complexity index is 720. The molecule has 1 aromatic carbocycles. The number of nitrogens with one attached hydrogen (secondary N) is 2. The van der Waals surface area contributed by atoms with E-state index in [4.69, 9.17) is 4.42 Å². The average molecular weight is 347 g/mol. The van der Waals surface area contributed by atoms with Gasteiger partial charge in [-0.1, -0.05) is 6.07 Å². The van der Waals surface area contributed by atoms with Gasteiger partial charge >= 0.3 is 0 Å². The fourth-order valence-corrected chi connectivity index (χ4v) is 2.38. The Hall–Kier alpha value is -2.41. The van der Waals surface area contributed by atoms with E-state index >= 15 is 0 Å². The second-order valence-corrected chi connectivity index (χ2v) is 6.19. The van der Waals surface area contributed by atoms with E-state index in [1.165, 1.54) is 6.07 Å². The lowest BCUT2D eigenvalue weighted by molar-refractivity contribution is 0.392. The maximum atomic E-state index is 13.8. The van der Waals surface area contributed by atoms with Crippen molar-refractivity contribution in [1.29, 1.82) is 0 Å². The van der Waals surface area contributed by atoms with Crippen LogP contribution in [-0.2, 0) is 19.6 Å². The lowest BCUT2D eigenvalue weighted by atomic mass is 10.1. The summed E-state index contributed by atoms with van der Waals surface area (Å²) in [5, 5.41) is 6.37. The Morgan fingerprint density at radius 1 is 1.24 bits per heavy atom. The Morgan fingerprint density at radius 3 is 2.56 bits per heavy atom. The van der Waals surface area contributed by atoms with E-state index in [1.807, 2.05) is 38.9 Å². The molecule has 0 aliphatic rings. The van der Waals surface area contributed by atoms with Crippen molar-refractivity contribution in [2.45, 2.75) is 33.5 Å². The first kappa shape index (κ1) is 18.9. The number of guanidine groups is 1. The number of oxazole rings is 1. The molecule has 6 nitrogen and oxygen atoms in total. The monoisotopic (exact) mass is 347 g/mol. The molecule has 25 heavy (non-hydrogen) atoms. The molecule has 0 spiro atoms.